The lowest BCUT2D eigenvalue weighted by atomic mass is 10.1. The van der Waals surface area contributed by atoms with E-state index in [2.05, 4.69) is 5.16 Å². The quantitative estimate of drug-likeness (QED) is 0.707. The van der Waals surface area contributed by atoms with Crippen molar-refractivity contribution in [1.82, 2.24) is 10.1 Å². The van der Waals surface area contributed by atoms with E-state index >= 15 is 0 Å². The highest BCUT2D eigenvalue weighted by Crippen LogP contribution is 2.24. The van der Waals surface area contributed by atoms with Gasteiger partial charge in [0.05, 0.1) is 6.10 Å². The maximum atomic E-state index is 13.4. The molecule has 3 aromatic rings. The Bertz CT molecular complexity index is 1020. The first-order chi connectivity index (χ1) is 14.5. The summed E-state index contributed by atoms with van der Waals surface area (Å²) in [4.78, 5) is 14.5. The SMILES string of the molecule is Cc1ccc(-c2cc(C(=O)N3CC[C@H](Oc4cccc(F)c4)[C@@H](O)CC3)no2)cc1. The molecule has 7 heteroatoms. The number of carbonyl (C=O) groups excluding carboxylic acids is 1. The predicted octanol–water partition coefficient (Wildman–Crippen LogP) is 3.83. The first kappa shape index (κ1) is 20.1. The summed E-state index contributed by atoms with van der Waals surface area (Å²) in [5.41, 5.74) is 2.21. The second-order valence-electron chi connectivity index (χ2n) is 7.49. The monoisotopic (exact) mass is 410 g/mol. The maximum absolute atomic E-state index is 13.4. The summed E-state index contributed by atoms with van der Waals surface area (Å²) >= 11 is 0. The molecule has 156 valence electrons. The molecule has 1 N–H and O–H groups in total. The summed E-state index contributed by atoms with van der Waals surface area (Å²) in [6.07, 6.45) is -0.503. The lowest BCUT2D eigenvalue weighted by molar-refractivity contribution is 0.0348. The highest BCUT2D eigenvalue weighted by Gasteiger charge is 2.30. The summed E-state index contributed by atoms with van der Waals surface area (Å²) in [5, 5.41) is 14.4. The smallest absolute Gasteiger partial charge is 0.276 e. The highest BCUT2D eigenvalue weighted by atomic mass is 19.1. The van der Waals surface area contributed by atoms with Crippen LogP contribution in [0.15, 0.2) is 59.1 Å². The summed E-state index contributed by atoms with van der Waals surface area (Å²) < 4.78 is 24.5. The molecule has 2 atom stereocenters. The Morgan fingerprint density at radius 2 is 1.93 bits per heavy atom. The molecule has 0 spiro atoms. The van der Waals surface area contributed by atoms with Crippen molar-refractivity contribution in [2.24, 2.45) is 0 Å². The fourth-order valence-corrected chi connectivity index (χ4v) is 3.51. The van der Waals surface area contributed by atoms with Crippen molar-refractivity contribution in [3.63, 3.8) is 0 Å². The summed E-state index contributed by atoms with van der Waals surface area (Å²) in [6.45, 7) is 2.76. The van der Waals surface area contributed by atoms with E-state index in [4.69, 9.17) is 9.26 Å². The largest absolute Gasteiger partial charge is 0.488 e. The van der Waals surface area contributed by atoms with Crippen molar-refractivity contribution < 1.29 is 23.6 Å². The minimum atomic E-state index is -0.758. The standard InChI is InChI=1S/C23H23FN2O4/c1-15-5-7-16(8-6-15)22-14-19(25-30-22)23(28)26-11-9-20(27)21(10-12-26)29-18-4-2-3-17(24)13-18/h2-8,13-14,20-21,27H,9-12H2,1H3/t20-,21-/m0/s1. The zero-order chi connectivity index (χ0) is 21.1. The van der Waals surface area contributed by atoms with Gasteiger partial charge in [0.15, 0.2) is 11.5 Å². The number of likely N-dealkylation sites (tertiary alicyclic amines) is 1. The Morgan fingerprint density at radius 3 is 2.70 bits per heavy atom. The molecule has 2 aromatic carbocycles. The third kappa shape index (κ3) is 4.52. The lowest BCUT2D eigenvalue weighted by Crippen LogP contribution is -2.32. The molecule has 0 aliphatic carbocycles. The summed E-state index contributed by atoms with van der Waals surface area (Å²) in [5.74, 6) is 0.233. The van der Waals surface area contributed by atoms with E-state index in [1.54, 1.807) is 23.1 Å². The molecule has 0 saturated carbocycles. The number of aliphatic hydroxyl groups is 1. The number of aromatic nitrogens is 1. The molecule has 1 amide bonds. The molecule has 30 heavy (non-hydrogen) atoms. The molecular formula is C23H23FN2O4. The summed E-state index contributed by atoms with van der Waals surface area (Å²) in [7, 11) is 0. The van der Waals surface area contributed by atoms with Gasteiger partial charge in [0.25, 0.3) is 5.91 Å². The third-order valence-electron chi connectivity index (χ3n) is 5.24. The van der Waals surface area contributed by atoms with E-state index in [1.165, 1.54) is 12.1 Å². The fourth-order valence-electron chi connectivity index (χ4n) is 3.51. The van der Waals surface area contributed by atoms with Crippen LogP contribution in [0.25, 0.3) is 11.3 Å². The Balaban J connectivity index is 1.42. The fraction of sp³-hybridized carbons (Fsp3) is 0.304. The Kier molecular flexibility index (Phi) is 5.81. The molecular weight excluding hydrogens is 387 g/mol. The van der Waals surface area contributed by atoms with E-state index in [0.29, 0.717) is 37.4 Å². The van der Waals surface area contributed by atoms with E-state index in [-0.39, 0.29) is 11.6 Å². The number of carbonyl (C=O) groups is 1. The van der Waals surface area contributed by atoms with E-state index in [9.17, 15) is 14.3 Å². The third-order valence-corrected chi connectivity index (χ3v) is 5.24. The van der Waals surface area contributed by atoms with E-state index < -0.39 is 18.0 Å². The molecule has 1 aliphatic heterocycles. The average Bonchev–Trinajstić information content (AvgIpc) is 3.16. The van der Waals surface area contributed by atoms with Gasteiger partial charge in [0, 0.05) is 37.2 Å². The van der Waals surface area contributed by atoms with Crippen LogP contribution in [0, 0.1) is 12.7 Å². The minimum Gasteiger partial charge on any atom is -0.488 e. The predicted molar refractivity (Wildman–Crippen MR) is 109 cm³/mol. The normalized spacial score (nSPS) is 19.4. The van der Waals surface area contributed by atoms with Crippen LogP contribution in [0.1, 0.15) is 28.9 Å². The van der Waals surface area contributed by atoms with Crippen molar-refractivity contribution >= 4 is 5.91 Å². The molecule has 6 nitrogen and oxygen atoms in total. The van der Waals surface area contributed by atoms with Crippen LogP contribution >= 0.6 is 0 Å². The van der Waals surface area contributed by atoms with Gasteiger partial charge in [-0.2, -0.15) is 0 Å². The zero-order valence-corrected chi connectivity index (χ0v) is 16.6. The zero-order valence-electron chi connectivity index (χ0n) is 16.6. The van der Waals surface area contributed by atoms with Crippen LogP contribution in [0.3, 0.4) is 0 Å². The highest BCUT2D eigenvalue weighted by molar-refractivity contribution is 5.93. The van der Waals surface area contributed by atoms with Gasteiger partial charge in [-0.1, -0.05) is 41.1 Å². The maximum Gasteiger partial charge on any atom is 0.276 e. The Labute approximate surface area is 173 Å². The number of benzene rings is 2. The number of hydrogen-bond donors (Lipinski definition) is 1. The number of nitrogens with zero attached hydrogens (tertiary/aromatic N) is 2. The van der Waals surface area contributed by atoms with Crippen LogP contribution < -0.4 is 4.74 Å². The number of aliphatic hydroxyl groups excluding tert-OH is 1. The second-order valence-corrected chi connectivity index (χ2v) is 7.49. The topological polar surface area (TPSA) is 75.8 Å². The first-order valence-corrected chi connectivity index (χ1v) is 9.93. The van der Waals surface area contributed by atoms with Crippen LogP contribution in [-0.2, 0) is 0 Å². The number of halogens is 1. The molecule has 4 rings (SSSR count). The van der Waals surface area contributed by atoms with Gasteiger partial charge in [-0.15, -0.1) is 0 Å². The number of hydrogen-bond acceptors (Lipinski definition) is 5. The number of aryl methyl sites for hydroxylation is 1. The number of rotatable bonds is 4. The van der Waals surface area contributed by atoms with Gasteiger partial charge in [0.2, 0.25) is 0 Å². The van der Waals surface area contributed by atoms with Gasteiger partial charge in [0.1, 0.15) is 17.7 Å². The van der Waals surface area contributed by atoms with Crippen LogP contribution in [0.4, 0.5) is 4.39 Å². The van der Waals surface area contributed by atoms with Crippen LogP contribution in [0.2, 0.25) is 0 Å². The van der Waals surface area contributed by atoms with Gasteiger partial charge in [-0.25, -0.2) is 4.39 Å². The van der Waals surface area contributed by atoms with Gasteiger partial charge < -0.3 is 19.3 Å². The van der Waals surface area contributed by atoms with Crippen LogP contribution in [0.5, 0.6) is 5.75 Å². The van der Waals surface area contributed by atoms with E-state index in [0.717, 1.165) is 11.1 Å². The van der Waals surface area contributed by atoms with Crippen molar-refractivity contribution in [3.8, 4) is 17.1 Å². The van der Waals surface area contributed by atoms with Crippen LogP contribution in [-0.4, -0.2) is 46.4 Å². The molecule has 1 aliphatic rings. The Morgan fingerprint density at radius 1 is 1.17 bits per heavy atom. The van der Waals surface area contributed by atoms with Crippen molar-refractivity contribution in [1.29, 1.82) is 0 Å². The van der Waals surface area contributed by atoms with Gasteiger partial charge in [-0.3, -0.25) is 4.79 Å². The average molecular weight is 410 g/mol. The second kappa shape index (κ2) is 8.67. The van der Waals surface area contributed by atoms with Gasteiger partial charge in [-0.05, 0) is 25.5 Å². The summed E-state index contributed by atoms with van der Waals surface area (Å²) in [6, 6.07) is 15.2. The van der Waals surface area contributed by atoms with Crippen molar-refractivity contribution in [3.05, 3.63) is 71.7 Å². The molecule has 0 radical (unpaired) electrons. The van der Waals surface area contributed by atoms with Crippen molar-refractivity contribution in [2.75, 3.05) is 13.1 Å². The molecule has 0 unspecified atom stereocenters. The molecule has 1 saturated heterocycles. The minimum absolute atomic E-state index is 0.226. The molecule has 0 bridgehead atoms. The first-order valence-electron chi connectivity index (χ1n) is 9.93. The number of amides is 1. The lowest BCUT2D eigenvalue weighted by Gasteiger charge is -2.21. The van der Waals surface area contributed by atoms with Crippen molar-refractivity contribution in [2.45, 2.75) is 32.0 Å². The number of ether oxygens (including phenoxy) is 1. The molecule has 2 heterocycles. The molecule has 1 aromatic heterocycles. The van der Waals surface area contributed by atoms with E-state index in [1.807, 2.05) is 31.2 Å². The molecule has 1 fully saturated rings. The Hall–Kier alpha value is -3.19. The van der Waals surface area contributed by atoms with Gasteiger partial charge >= 0.3 is 0 Å².